The molecule has 2 rings (SSSR count). The summed E-state index contributed by atoms with van der Waals surface area (Å²) in [5, 5.41) is 4.94. The van der Waals surface area contributed by atoms with Crippen LogP contribution in [0.4, 0.5) is 24.5 Å². The molecule has 2 amide bonds. The summed E-state index contributed by atoms with van der Waals surface area (Å²) < 4.78 is 39.7. The molecule has 0 bridgehead atoms. The highest BCUT2D eigenvalue weighted by molar-refractivity contribution is 6.05. The molecule has 0 saturated carbocycles. The second-order valence-electron chi connectivity index (χ2n) is 4.96. The number of hydrogen-bond acceptors (Lipinski definition) is 3. The van der Waals surface area contributed by atoms with Gasteiger partial charge in [-0.1, -0.05) is 0 Å². The lowest BCUT2D eigenvalue weighted by molar-refractivity contribution is -0.114. The Morgan fingerprint density at radius 2 is 1.75 bits per heavy atom. The van der Waals surface area contributed by atoms with Crippen molar-refractivity contribution >= 4 is 23.2 Å². The van der Waals surface area contributed by atoms with Crippen LogP contribution >= 0.6 is 0 Å². The number of hydrogen-bond donors (Lipinski definition) is 3. The number of carbonyl (C=O) groups excluding carboxylic acids is 2. The molecule has 2 aromatic rings. The van der Waals surface area contributed by atoms with Crippen LogP contribution in [0.1, 0.15) is 15.9 Å². The van der Waals surface area contributed by atoms with Crippen LogP contribution < -0.4 is 16.4 Å². The van der Waals surface area contributed by atoms with Crippen molar-refractivity contribution in [2.24, 2.45) is 5.73 Å². The molecule has 0 spiro atoms. The average molecular weight is 337 g/mol. The Morgan fingerprint density at radius 3 is 2.38 bits per heavy atom. The van der Waals surface area contributed by atoms with E-state index in [1.54, 1.807) is 13.0 Å². The van der Waals surface area contributed by atoms with E-state index in [1.165, 1.54) is 12.1 Å². The fraction of sp³-hybridized carbons (Fsp3) is 0.125. The van der Waals surface area contributed by atoms with Gasteiger partial charge in [0.05, 0.1) is 12.1 Å². The first-order valence-electron chi connectivity index (χ1n) is 6.89. The van der Waals surface area contributed by atoms with E-state index in [-0.39, 0.29) is 12.5 Å². The molecule has 0 fully saturated rings. The van der Waals surface area contributed by atoms with Gasteiger partial charge in [0.25, 0.3) is 5.91 Å². The fourth-order valence-corrected chi connectivity index (χ4v) is 1.98. The van der Waals surface area contributed by atoms with Crippen LogP contribution in [0, 0.1) is 24.4 Å². The molecular formula is C16H14F3N3O2. The van der Waals surface area contributed by atoms with Crippen molar-refractivity contribution < 1.29 is 22.8 Å². The number of amides is 2. The standard InChI is InChI=1S/C16H14F3N3O2/c1-8-6-9(21-13(23)7-20)2-5-12(8)22-16(24)10-3-4-11(17)15(19)14(10)18/h2-6H,7,20H2,1H3,(H,21,23)(H,22,24). The molecule has 0 unspecified atom stereocenters. The van der Waals surface area contributed by atoms with Crippen molar-refractivity contribution in [3.05, 3.63) is 58.9 Å². The van der Waals surface area contributed by atoms with Gasteiger partial charge in [-0.05, 0) is 42.8 Å². The summed E-state index contributed by atoms with van der Waals surface area (Å²) in [7, 11) is 0. The molecule has 0 atom stereocenters. The van der Waals surface area contributed by atoms with Gasteiger partial charge in [0, 0.05) is 11.4 Å². The molecule has 0 aliphatic heterocycles. The molecule has 5 nitrogen and oxygen atoms in total. The van der Waals surface area contributed by atoms with Gasteiger partial charge in [-0.25, -0.2) is 13.2 Å². The average Bonchev–Trinajstić information content (AvgIpc) is 2.55. The van der Waals surface area contributed by atoms with Crippen molar-refractivity contribution in [3.8, 4) is 0 Å². The van der Waals surface area contributed by atoms with E-state index < -0.39 is 28.9 Å². The lowest BCUT2D eigenvalue weighted by Crippen LogP contribution is -2.22. The molecule has 24 heavy (non-hydrogen) atoms. The Bertz CT molecular complexity index is 809. The van der Waals surface area contributed by atoms with Crippen molar-refractivity contribution in [1.82, 2.24) is 0 Å². The molecule has 0 saturated heterocycles. The van der Waals surface area contributed by atoms with E-state index in [0.29, 0.717) is 23.0 Å². The molecule has 126 valence electrons. The third-order valence-corrected chi connectivity index (χ3v) is 3.22. The van der Waals surface area contributed by atoms with Crippen LogP contribution in [-0.2, 0) is 4.79 Å². The van der Waals surface area contributed by atoms with Gasteiger partial charge in [0.1, 0.15) is 0 Å². The summed E-state index contributed by atoms with van der Waals surface area (Å²) in [6.45, 7) is 1.47. The van der Waals surface area contributed by atoms with E-state index in [9.17, 15) is 22.8 Å². The number of carbonyl (C=O) groups is 2. The van der Waals surface area contributed by atoms with E-state index in [0.717, 1.165) is 6.07 Å². The second-order valence-corrected chi connectivity index (χ2v) is 4.96. The van der Waals surface area contributed by atoms with E-state index in [4.69, 9.17) is 5.73 Å². The van der Waals surface area contributed by atoms with Crippen LogP contribution in [-0.4, -0.2) is 18.4 Å². The van der Waals surface area contributed by atoms with Gasteiger partial charge in [-0.3, -0.25) is 9.59 Å². The summed E-state index contributed by atoms with van der Waals surface area (Å²) in [6, 6.07) is 6.10. The van der Waals surface area contributed by atoms with Crippen molar-refractivity contribution in [2.45, 2.75) is 6.92 Å². The van der Waals surface area contributed by atoms with Crippen LogP contribution in [0.25, 0.3) is 0 Å². The predicted octanol–water partition coefficient (Wildman–Crippen LogP) is 2.56. The number of benzene rings is 2. The molecule has 0 aliphatic rings. The highest BCUT2D eigenvalue weighted by atomic mass is 19.2. The highest BCUT2D eigenvalue weighted by Gasteiger charge is 2.19. The fourth-order valence-electron chi connectivity index (χ4n) is 1.98. The number of halogens is 3. The summed E-state index contributed by atoms with van der Waals surface area (Å²) in [6.07, 6.45) is 0. The van der Waals surface area contributed by atoms with Crippen LogP contribution in [0.2, 0.25) is 0 Å². The summed E-state index contributed by atoms with van der Waals surface area (Å²) >= 11 is 0. The summed E-state index contributed by atoms with van der Waals surface area (Å²) in [5.74, 6) is -5.94. The molecule has 0 radical (unpaired) electrons. The van der Waals surface area contributed by atoms with Gasteiger partial charge in [-0.15, -0.1) is 0 Å². The minimum Gasteiger partial charge on any atom is -0.325 e. The molecule has 2 aromatic carbocycles. The Hall–Kier alpha value is -2.87. The number of rotatable bonds is 4. The zero-order chi connectivity index (χ0) is 17.9. The van der Waals surface area contributed by atoms with Crippen molar-refractivity contribution in [3.63, 3.8) is 0 Å². The largest absolute Gasteiger partial charge is 0.325 e. The third kappa shape index (κ3) is 3.72. The summed E-state index contributed by atoms with van der Waals surface area (Å²) in [4.78, 5) is 23.3. The monoisotopic (exact) mass is 337 g/mol. The Morgan fingerprint density at radius 1 is 1.04 bits per heavy atom. The van der Waals surface area contributed by atoms with Crippen molar-refractivity contribution in [1.29, 1.82) is 0 Å². The second kappa shape index (κ2) is 7.14. The molecule has 0 heterocycles. The molecule has 8 heteroatoms. The first-order valence-corrected chi connectivity index (χ1v) is 6.89. The first-order chi connectivity index (χ1) is 11.3. The number of anilines is 2. The predicted molar refractivity (Wildman–Crippen MR) is 83.1 cm³/mol. The minimum atomic E-state index is -1.71. The van der Waals surface area contributed by atoms with Gasteiger partial charge in [0.15, 0.2) is 17.5 Å². The molecule has 4 N–H and O–H groups in total. The molecule has 0 aromatic heterocycles. The van der Waals surface area contributed by atoms with Gasteiger partial charge < -0.3 is 16.4 Å². The van der Waals surface area contributed by atoms with Crippen LogP contribution in [0.5, 0.6) is 0 Å². The van der Waals surface area contributed by atoms with E-state index >= 15 is 0 Å². The quantitative estimate of drug-likeness (QED) is 0.750. The topological polar surface area (TPSA) is 84.2 Å². The Balaban J connectivity index is 2.21. The van der Waals surface area contributed by atoms with Crippen LogP contribution in [0.3, 0.4) is 0 Å². The Kier molecular flexibility index (Phi) is 5.20. The third-order valence-electron chi connectivity index (χ3n) is 3.22. The normalized spacial score (nSPS) is 10.4. The zero-order valence-electron chi connectivity index (χ0n) is 12.6. The maximum absolute atomic E-state index is 13.6. The molecular weight excluding hydrogens is 323 g/mol. The highest BCUT2D eigenvalue weighted by Crippen LogP contribution is 2.22. The Labute approximate surface area is 135 Å². The van der Waals surface area contributed by atoms with E-state index in [1.807, 2.05) is 0 Å². The van der Waals surface area contributed by atoms with Crippen molar-refractivity contribution in [2.75, 3.05) is 17.2 Å². The molecule has 0 aliphatic carbocycles. The lowest BCUT2D eigenvalue weighted by Gasteiger charge is -2.11. The van der Waals surface area contributed by atoms with E-state index in [2.05, 4.69) is 10.6 Å². The number of aryl methyl sites for hydroxylation is 1. The number of nitrogens with one attached hydrogen (secondary N) is 2. The van der Waals surface area contributed by atoms with Crippen LogP contribution in [0.15, 0.2) is 30.3 Å². The summed E-state index contributed by atoms with van der Waals surface area (Å²) in [5.41, 5.74) is 5.95. The zero-order valence-corrected chi connectivity index (χ0v) is 12.6. The SMILES string of the molecule is Cc1cc(NC(=O)CN)ccc1NC(=O)c1ccc(F)c(F)c1F. The maximum atomic E-state index is 13.6. The van der Waals surface area contributed by atoms with Gasteiger partial charge in [0.2, 0.25) is 5.91 Å². The minimum absolute atomic E-state index is 0.174. The number of nitrogens with two attached hydrogens (primary N) is 1. The lowest BCUT2D eigenvalue weighted by atomic mass is 10.1. The van der Waals surface area contributed by atoms with Gasteiger partial charge in [-0.2, -0.15) is 0 Å². The first kappa shape index (κ1) is 17.5. The maximum Gasteiger partial charge on any atom is 0.258 e. The smallest absolute Gasteiger partial charge is 0.258 e. The van der Waals surface area contributed by atoms with Gasteiger partial charge >= 0.3 is 0 Å².